The molecule has 1 saturated heterocycles. The SMILES string of the molecule is Cc1ccc(C(=O)N2CCN(C(=O)c3nonc3C)CC2)s1. The van der Waals surface area contributed by atoms with Gasteiger partial charge < -0.3 is 9.80 Å². The van der Waals surface area contributed by atoms with E-state index in [0.717, 1.165) is 9.75 Å². The number of hydrogen-bond donors (Lipinski definition) is 0. The highest BCUT2D eigenvalue weighted by Gasteiger charge is 2.28. The standard InChI is InChI=1S/C14H16N4O3S/c1-9-3-4-11(22-9)13(19)17-5-7-18(8-6-17)14(20)12-10(2)15-21-16-12/h3-4H,5-8H2,1-2H3. The summed E-state index contributed by atoms with van der Waals surface area (Å²) >= 11 is 1.49. The molecule has 1 fully saturated rings. The van der Waals surface area contributed by atoms with E-state index in [1.807, 2.05) is 19.1 Å². The first-order valence-corrected chi connectivity index (χ1v) is 7.82. The fourth-order valence-electron chi connectivity index (χ4n) is 2.39. The van der Waals surface area contributed by atoms with Gasteiger partial charge in [-0.25, -0.2) is 4.63 Å². The minimum atomic E-state index is -0.196. The molecule has 22 heavy (non-hydrogen) atoms. The van der Waals surface area contributed by atoms with Gasteiger partial charge in [-0.3, -0.25) is 9.59 Å². The minimum Gasteiger partial charge on any atom is -0.334 e. The Bertz CT molecular complexity index is 701. The number of carbonyl (C=O) groups excluding carboxylic acids is 2. The molecule has 7 nitrogen and oxygen atoms in total. The molecule has 2 amide bonds. The summed E-state index contributed by atoms with van der Waals surface area (Å²) in [6.45, 7) is 5.68. The Morgan fingerprint density at radius 1 is 1.05 bits per heavy atom. The van der Waals surface area contributed by atoms with Crippen LogP contribution in [0.25, 0.3) is 0 Å². The van der Waals surface area contributed by atoms with E-state index >= 15 is 0 Å². The predicted molar refractivity (Wildman–Crippen MR) is 79.9 cm³/mol. The third kappa shape index (κ3) is 2.74. The molecule has 2 aromatic rings. The number of nitrogens with zero attached hydrogens (tertiary/aromatic N) is 4. The molecular weight excluding hydrogens is 304 g/mol. The zero-order chi connectivity index (χ0) is 15.7. The molecule has 0 saturated carbocycles. The Labute approximate surface area is 131 Å². The zero-order valence-electron chi connectivity index (χ0n) is 12.4. The van der Waals surface area contributed by atoms with E-state index in [9.17, 15) is 9.59 Å². The van der Waals surface area contributed by atoms with Crippen molar-refractivity contribution in [1.29, 1.82) is 0 Å². The highest BCUT2D eigenvalue weighted by molar-refractivity contribution is 7.13. The molecule has 8 heteroatoms. The number of rotatable bonds is 2. The fourth-order valence-corrected chi connectivity index (χ4v) is 3.23. The second-order valence-corrected chi connectivity index (χ2v) is 6.48. The fraction of sp³-hybridized carbons (Fsp3) is 0.429. The molecular formula is C14H16N4O3S. The number of hydrogen-bond acceptors (Lipinski definition) is 6. The maximum atomic E-state index is 12.4. The van der Waals surface area contributed by atoms with E-state index in [1.165, 1.54) is 11.3 Å². The van der Waals surface area contributed by atoms with Gasteiger partial charge in [-0.05, 0) is 31.1 Å². The van der Waals surface area contributed by atoms with Gasteiger partial charge in [0, 0.05) is 31.1 Å². The normalized spacial score (nSPS) is 15.2. The number of aryl methyl sites for hydroxylation is 2. The van der Waals surface area contributed by atoms with Crippen molar-refractivity contribution in [3.05, 3.63) is 33.3 Å². The Kier molecular flexibility index (Phi) is 3.93. The smallest absolute Gasteiger partial charge is 0.278 e. The average Bonchev–Trinajstić information content (AvgIpc) is 3.14. The van der Waals surface area contributed by atoms with Crippen LogP contribution in [-0.4, -0.2) is 58.1 Å². The van der Waals surface area contributed by atoms with Crippen LogP contribution in [0.5, 0.6) is 0 Å². The number of aromatic nitrogens is 2. The summed E-state index contributed by atoms with van der Waals surface area (Å²) in [5, 5.41) is 7.26. The lowest BCUT2D eigenvalue weighted by Gasteiger charge is -2.34. The quantitative estimate of drug-likeness (QED) is 0.834. The van der Waals surface area contributed by atoms with Crippen molar-refractivity contribution < 1.29 is 14.2 Å². The summed E-state index contributed by atoms with van der Waals surface area (Å²) in [4.78, 5) is 30.0. The summed E-state index contributed by atoms with van der Waals surface area (Å²) in [6.07, 6.45) is 0. The van der Waals surface area contributed by atoms with Crippen LogP contribution in [0.4, 0.5) is 0 Å². The van der Waals surface area contributed by atoms with Crippen LogP contribution in [-0.2, 0) is 0 Å². The maximum Gasteiger partial charge on any atom is 0.278 e. The Morgan fingerprint density at radius 3 is 2.18 bits per heavy atom. The van der Waals surface area contributed by atoms with Crippen LogP contribution in [0.3, 0.4) is 0 Å². The van der Waals surface area contributed by atoms with Crippen LogP contribution < -0.4 is 0 Å². The van der Waals surface area contributed by atoms with Crippen LogP contribution in [0.15, 0.2) is 16.8 Å². The lowest BCUT2D eigenvalue weighted by molar-refractivity contribution is 0.0531. The van der Waals surface area contributed by atoms with E-state index in [-0.39, 0.29) is 17.5 Å². The van der Waals surface area contributed by atoms with E-state index in [0.29, 0.717) is 31.9 Å². The molecule has 0 atom stereocenters. The van der Waals surface area contributed by atoms with Gasteiger partial charge in [0.05, 0.1) is 4.88 Å². The highest BCUT2D eigenvalue weighted by atomic mass is 32.1. The van der Waals surface area contributed by atoms with E-state index < -0.39 is 0 Å². The van der Waals surface area contributed by atoms with Crippen molar-refractivity contribution in [2.45, 2.75) is 13.8 Å². The van der Waals surface area contributed by atoms with Crippen molar-refractivity contribution in [3.63, 3.8) is 0 Å². The van der Waals surface area contributed by atoms with Crippen molar-refractivity contribution in [3.8, 4) is 0 Å². The van der Waals surface area contributed by atoms with Gasteiger partial charge in [-0.2, -0.15) is 0 Å². The number of thiophene rings is 1. The molecule has 3 rings (SSSR count). The third-order valence-electron chi connectivity index (χ3n) is 3.66. The minimum absolute atomic E-state index is 0.0319. The molecule has 0 aromatic carbocycles. The van der Waals surface area contributed by atoms with E-state index in [1.54, 1.807) is 16.7 Å². The number of amides is 2. The van der Waals surface area contributed by atoms with Crippen LogP contribution in [0.1, 0.15) is 30.7 Å². The molecule has 0 bridgehead atoms. The van der Waals surface area contributed by atoms with Gasteiger partial charge in [0.2, 0.25) is 0 Å². The molecule has 0 spiro atoms. The first-order valence-electron chi connectivity index (χ1n) is 7.00. The molecule has 0 N–H and O–H groups in total. The van der Waals surface area contributed by atoms with Gasteiger partial charge in [-0.15, -0.1) is 11.3 Å². The molecule has 1 aliphatic heterocycles. The molecule has 0 aliphatic carbocycles. The van der Waals surface area contributed by atoms with Crippen molar-refractivity contribution in [1.82, 2.24) is 20.1 Å². The summed E-state index contributed by atoms with van der Waals surface area (Å²) in [5.74, 6) is -0.165. The Hall–Kier alpha value is -2.22. The van der Waals surface area contributed by atoms with Gasteiger partial charge in [-0.1, -0.05) is 5.16 Å². The zero-order valence-corrected chi connectivity index (χ0v) is 13.2. The average molecular weight is 320 g/mol. The summed E-state index contributed by atoms with van der Waals surface area (Å²) in [7, 11) is 0. The van der Waals surface area contributed by atoms with Crippen molar-refractivity contribution in [2.75, 3.05) is 26.2 Å². The molecule has 3 heterocycles. The van der Waals surface area contributed by atoms with Gasteiger partial charge >= 0.3 is 0 Å². The molecule has 0 unspecified atom stereocenters. The van der Waals surface area contributed by atoms with Crippen LogP contribution in [0.2, 0.25) is 0 Å². The van der Waals surface area contributed by atoms with Crippen molar-refractivity contribution in [2.24, 2.45) is 0 Å². The Morgan fingerprint density at radius 2 is 1.68 bits per heavy atom. The molecule has 116 valence electrons. The van der Waals surface area contributed by atoms with Gasteiger partial charge in [0.1, 0.15) is 5.69 Å². The summed E-state index contributed by atoms with van der Waals surface area (Å²) in [6, 6.07) is 3.79. The Balaban J connectivity index is 1.62. The van der Waals surface area contributed by atoms with E-state index in [4.69, 9.17) is 0 Å². The topological polar surface area (TPSA) is 79.5 Å². The maximum absolute atomic E-state index is 12.4. The highest BCUT2D eigenvalue weighted by Crippen LogP contribution is 2.18. The van der Waals surface area contributed by atoms with Gasteiger partial charge in [0.25, 0.3) is 11.8 Å². The second kappa shape index (κ2) is 5.88. The molecule has 1 aliphatic rings. The van der Waals surface area contributed by atoms with E-state index in [2.05, 4.69) is 14.9 Å². The predicted octanol–water partition coefficient (Wildman–Crippen LogP) is 1.35. The summed E-state index contributed by atoms with van der Waals surface area (Å²) in [5.41, 5.74) is 0.728. The first kappa shape index (κ1) is 14.7. The monoisotopic (exact) mass is 320 g/mol. The molecule has 2 aromatic heterocycles. The van der Waals surface area contributed by atoms with Crippen LogP contribution >= 0.6 is 11.3 Å². The first-order chi connectivity index (χ1) is 10.6. The van der Waals surface area contributed by atoms with Crippen LogP contribution in [0, 0.1) is 13.8 Å². The number of piperazine rings is 1. The molecule has 0 radical (unpaired) electrons. The lowest BCUT2D eigenvalue weighted by atomic mass is 10.2. The number of carbonyl (C=O) groups is 2. The third-order valence-corrected chi connectivity index (χ3v) is 4.65. The lowest BCUT2D eigenvalue weighted by Crippen LogP contribution is -2.50. The second-order valence-electron chi connectivity index (χ2n) is 5.19. The van der Waals surface area contributed by atoms with Gasteiger partial charge in [0.15, 0.2) is 5.69 Å². The largest absolute Gasteiger partial charge is 0.334 e. The van der Waals surface area contributed by atoms with Crippen molar-refractivity contribution >= 4 is 23.2 Å². The summed E-state index contributed by atoms with van der Waals surface area (Å²) < 4.78 is 4.57.